The summed E-state index contributed by atoms with van der Waals surface area (Å²) in [7, 11) is 0. The molecule has 1 saturated heterocycles. The molecule has 2 fully saturated rings. The van der Waals surface area contributed by atoms with Crippen LogP contribution in [-0.2, 0) is 15.0 Å². The van der Waals surface area contributed by atoms with Crippen molar-refractivity contribution in [3.8, 4) is 0 Å². The molecule has 1 aromatic carbocycles. The molecule has 0 radical (unpaired) electrons. The molecule has 0 bridgehead atoms. The molecule has 3 rings (SSSR count). The van der Waals surface area contributed by atoms with Crippen molar-refractivity contribution < 1.29 is 14.7 Å². The van der Waals surface area contributed by atoms with E-state index in [1.54, 1.807) is 6.92 Å². The van der Waals surface area contributed by atoms with Crippen LogP contribution in [-0.4, -0.2) is 48.1 Å². The van der Waals surface area contributed by atoms with Crippen LogP contribution < -0.4 is 4.90 Å². The van der Waals surface area contributed by atoms with E-state index in [4.69, 9.17) is 0 Å². The van der Waals surface area contributed by atoms with Crippen molar-refractivity contribution in [2.75, 3.05) is 31.1 Å². The summed E-state index contributed by atoms with van der Waals surface area (Å²) in [6.45, 7) is 4.74. The van der Waals surface area contributed by atoms with Gasteiger partial charge in [0.05, 0.1) is 5.41 Å². The van der Waals surface area contributed by atoms with E-state index in [1.807, 2.05) is 29.2 Å². The van der Waals surface area contributed by atoms with Crippen LogP contribution in [0.4, 0.5) is 5.69 Å². The van der Waals surface area contributed by atoms with Gasteiger partial charge in [-0.05, 0) is 30.5 Å². The van der Waals surface area contributed by atoms with Gasteiger partial charge < -0.3 is 14.9 Å². The van der Waals surface area contributed by atoms with E-state index in [0.29, 0.717) is 0 Å². The Bertz CT molecular complexity index is 570. The monoisotopic (exact) mass is 302 g/mol. The van der Waals surface area contributed by atoms with Gasteiger partial charge in [-0.2, -0.15) is 0 Å². The van der Waals surface area contributed by atoms with Crippen LogP contribution in [0.2, 0.25) is 0 Å². The van der Waals surface area contributed by atoms with Crippen molar-refractivity contribution in [3.05, 3.63) is 29.8 Å². The fourth-order valence-corrected chi connectivity index (χ4v) is 3.43. The molecular weight excluding hydrogens is 280 g/mol. The molecule has 0 spiro atoms. The number of anilines is 1. The quantitative estimate of drug-likeness (QED) is 0.926. The van der Waals surface area contributed by atoms with Crippen LogP contribution in [0.25, 0.3) is 0 Å². The van der Waals surface area contributed by atoms with E-state index in [-0.39, 0.29) is 5.91 Å². The van der Waals surface area contributed by atoms with Crippen LogP contribution in [0.15, 0.2) is 24.3 Å². The molecule has 1 N–H and O–H groups in total. The molecule has 1 aromatic rings. The predicted octanol–water partition coefficient (Wildman–Crippen LogP) is 1.86. The van der Waals surface area contributed by atoms with Crippen molar-refractivity contribution >= 4 is 17.6 Å². The highest BCUT2D eigenvalue weighted by atomic mass is 16.4. The van der Waals surface area contributed by atoms with Gasteiger partial charge >= 0.3 is 5.97 Å². The van der Waals surface area contributed by atoms with Crippen LogP contribution in [0.5, 0.6) is 0 Å². The lowest BCUT2D eigenvalue weighted by Gasteiger charge is -2.39. The molecule has 1 amide bonds. The Morgan fingerprint density at radius 1 is 1.05 bits per heavy atom. The van der Waals surface area contributed by atoms with E-state index in [1.165, 1.54) is 0 Å². The maximum Gasteiger partial charge on any atom is 0.314 e. The van der Waals surface area contributed by atoms with E-state index in [9.17, 15) is 14.7 Å². The second kappa shape index (κ2) is 5.63. The highest BCUT2D eigenvalue weighted by Crippen LogP contribution is 2.44. The number of amides is 1. The number of carbonyl (C=O) groups is 2. The molecule has 0 aromatic heterocycles. The summed E-state index contributed by atoms with van der Waals surface area (Å²) in [4.78, 5) is 27.0. The van der Waals surface area contributed by atoms with E-state index >= 15 is 0 Å². The molecule has 0 atom stereocenters. The molecule has 2 aliphatic rings. The number of aliphatic carboxylic acids is 1. The van der Waals surface area contributed by atoms with Gasteiger partial charge in [0.15, 0.2) is 0 Å². The lowest BCUT2D eigenvalue weighted by Crippen LogP contribution is -2.48. The van der Waals surface area contributed by atoms with Crippen LogP contribution in [0.3, 0.4) is 0 Å². The van der Waals surface area contributed by atoms with Crippen molar-refractivity contribution in [2.45, 2.75) is 31.6 Å². The second-order valence-corrected chi connectivity index (χ2v) is 6.28. The standard InChI is InChI=1S/C17H22N2O3/c1-13(20)18-9-11-19(12-10-18)15-5-3-14(4-6-15)17(16(21)22)7-2-8-17/h3-6H,2,7-12H2,1H3,(H,21,22). The number of piperazine rings is 1. The Morgan fingerprint density at radius 2 is 1.64 bits per heavy atom. The molecule has 118 valence electrons. The van der Waals surface area contributed by atoms with Crippen LogP contribution >= 0.6 is 0 Å². The molecule has 5 nitrogen and oxygen atoms in total. The Hall–Kier alpha value is -2.04. The summed E-state index contributed by atoms with van der Waals surface area (Å²) in [6, 6.07) is 7.95. The van der Waals surface area contributed by atoms with Crippen LogP contribution in [0, 0.1) is 0 Å². The van der Waals surface area contributed by atoms with Gasteiger partial charge in [-0.3, -0.25) is 9.59 Å². The summed E-state index contributed by atoms with van der Waals surface area (Å²) in [5.74, 6) is -0.579. The Labute approximate surface area is 130 Å². The minimum Gasteiger partial charge on any atom is -0.481 e. The number of hydrogen-bond acceptors (Lipinski definition) is 3. The van der Waals surface area contributed by atoms with Gasteiger partial charge in [0.1, 0.15) is 0 Å². The third-order valence-corrected chi connectivity index (χ3v) is 5.13. The van der Waals surface area contributed by atoms with Crippen molar-refractivity contribution in [2.24, 2.45) is 0 Å². The molecule has 1 heterocycles. The first kappa shape index (κ1) is 14.9. The van der Waals surface area contributed by atoms with Crippen molar-refractivity contribution in [3.63, 3.8) is 0 Å². The molecule has 1 saturated carbocycles. The number of benzene rings is 1. The first-order valence-corrected chi connectivity index (χ1v) is 7.87. The Balaban J connectivity index is 1.70. The summed E-state index contributed by atoms with van der Waals surface area (Å²) in [5.41, 5.74) is 1.36. The zero-order chi connectivity index (χ0) is 15.7. The average molecular weight is 302 g/mol. The molecule has 1 aliphatic carbocycles. The maximum atomic E-state index is 11.5. The highest BCUT2D eigenvalue weighted by molar-refractivity contribution is 5.82. The highest BCUT2D eigenvalue weighted by Gasteiger charge is 2.45. The Kier molecular flexibility index (Phi) is 3.81. The summed E-state index contributed by atoms with van der Waals surface area (Å²) in [5, 5.41) is 9.49. The summed E-state index contributed by atoms with van der Waals surface area (Å²) in [6.07, 6.45) is 2.46. The Morgan fingerprint density at radius 3 is 2.05 bits per heavy atom. The van der Waals surface area contributed by atoms with E-state index in [0.717, 1.165) is 56.7 Å². The van der Waals surface area contributed by atoms with Crippen LogP contribution in [0.1, 0.15) is 31.7 Å². The van der Waals surface area contributed by atoms with Gasteiger partial charge in [0, 0.05) is 38.8 Å². The molecule has 5 heteroatoms. The minimum atomic E-state index is -0.707. The van der Waals surface area contributed by atoms with Gasteiger partial charge in [0.25, 0.3) is 0 Å². The zero-order valence-corrected chi connectivity index (χ0v) is 12.9. The summed E-state index contributed by atoms with van der Waals surface area (Å²) < 4.78 is 0. The summed E-state index contributed by atoms with van der Waals surface area (Å²) >= 11 is 0. The van der Waals surface area contributed by atoms with Gasteiger partial charge in [-0.25, -0.2) is 0 Å². The van der Waals surface area contributed by atoms with E-state index < -0.39 is 11.4 Å². The number of hydrogen-bond donors (Lipinski definition) is 1. The minimum absolute atomic E-state index is 0.128. The predicted molar refractivity (Wildman–Crippen MR) is 84.1 cm³/mol. The number of carbonyl (C=O) groups excluding carboxylic acids is 1. The average Bonchev–Trinajstić information content (AvgIpc) is 2.46. The zero-order valence-electron chi connectivity index (χ0n) is 12.9. The smallest absolute Gasteiger partial charge is 0.314 e. The number of carboxylic acid groups (broad SMARTS) is 1. The van der Waals surface area contributed by atoms with Gasteiger partial charge in [-0.1, -0.05) is 18.6 Å². The largest absolute Gasteiger partial charge is 0.481 e. The SMILES string of the molecule is CC(=O)N1CCN(c2ccc(C3(C(=O)O)CCC3)cc2)CC1. The molecule has 1 aliphatic heterocycles. The third-order valence-electron chi connectivity index (χ3n) is 5.13. The normalized spacial score (nSPS) is 20.4. The molecule has 22 heavy (non-hydrogen) atoms. The number of rotatable bonds is 3. The first-order valence-electron chi connectivity index (χ1n) is 7.87. The molecule has 0 unspecified atom stereocenters. The van der Waals surface area contributed by atoms with E-state index in [2.05, 4.69) is 4.90 Å². The maximum absolute atomic E-state index is 11.5. The van der Waals surface area contributed by atoms with Gasteiger partial charge in [-0.15, -0.1) is 0 Å². The van der Waals surface area contributed by atoms with Crippen molar-refractivity contribution in [1.29, 1.82) is 0 Å². The fourth-order valence-electron chi connectivity index (χ4n) is 3.43. The van der Waals surface area contributed by atoms with Gasteiger partial charge in [0.2, 0.25) is 5.91 Å². The number of nitrogens with zero attached hydrogens (tertiary/aromatic N) is 2. The molecular formula is C17H22N2O3. The fraction of sp³-hybridized carbons (Fsp3) is 0.529. The van der Waals surface area contributed by atoms with Crippen molar-refractivity contribution in [1.82, 2.24) is 4.90 Å². The lowest BCUT2D eigenvalue weighted by atomic mass is 9.64. The lowest BCUT2D eigenvalue weighted by molar-refractivity contribution is -0.147. The number of carboxylic acids is 1. The topological polar surface area (TPSA) is 60.9 Å². The second-order valence-electron chi connectivity index (χ2n) is 6.28. The third kappa shape index (κ3) is 2.45. The first-order chi connectivity index (χ1) is 10.5.